The van der Waals surface area contributed by atoms with Crippen LogP contribution >= 0.6 is 11.3 Å². The second-order valence-corrected chi connectivity index (χ2v) is 5.94. The predicted octanol–water partition coefficient (Wildman–Crippen LogP) is 3.10. The lowest BCUT2D eigenvalue weighted by atomic mass is 10.3. The van der Waals surface area contributed by atoms with E-state index in [1.807, 2.05) is 37.3 Å². The summed E-state index contributed by atoms with van der Waals surface area (Å²) in [6.07, 6.45) is 0. The van der Waals surface area contributed by atoms with Gasteiger partial charge in [-0.15, -0.1) is 0 Å². The Morgan fingerprint density at radius 2 is 2.00 bits per heavy atom. The highest BCUT2D eigenvalue weighted by Gasteiger charge is 2.08. The molecule has 1 amide bonds. The average Bonchev–Trinajstić information content (AvgIpc) is 2.88. The average molecular weight is 328 g/mol. The predicted molar refractivity (Wildman–Crippen MR) is 92.3 cm³/mol. The number of ether oxygens (including phenoxy) is 1. The van der Waals surface area contributed by atoms with Crippen molar-refractivity contribution >= 4 is 33.1 Å². The fraction of sp³-hybridized carbons (Fsp3) is 0.176. The van der Waals surface area contributed by atoms with E-state index in [4.69, 9.17) is 4.74 Å². The number of anilines is 1. The van der Waals surface area contributed by atoms with Crippen LogP contribution in [0.5, 0.6) is 5.75 Å². The lowest BCUT2D eigenvalue weighted by molar-refractivity contribution is -0.118. The number of benzene rings is 2. The molecule has 1 heterocycles. The number of fused-ring (bicyclic) bond motifs is 1. The van der Waals surface area contributed by atoms with Crippen LogP contribution in [0.25, 0.3) is 10.2 Å². The summed E-state index contributed by atoms with van der Waals surface area (Å²) in [6.45, 7) is 2.51. The number of para-hydroxylation sites is 1. The third-order valence-corrected chi connectivity index (χ3v) is 4.32. The molecule has 0 fully saturated rings. The van der Waals surface area contributed by atoms with Crippen LogP contribution in [0, 0.1) is 0 Å². The molecule has 3 aromatic rings. The van der Waals surface area contributed by atoms with Gasteiger partial charge in [0.25, 0.3) is 5.91 Å². The van der Waals surface area contributed by atoms with Crippen molar-refractivity contribution in [1.82, 2.24) is 4.57 Å². The van der Waals surface area contributed by atoms with Crippen LogP contribution in [0.4, 0.5) is 5.69 Å². The molecule has 0 bridgehead atoms. The zero-order valence-corrected chi connectivity index (χ0v) is 13.4. The number of amides is 1. The van der Waals surface area contributed by atoms with Crippen LogP contribution in [-0.4, -0.2) is 17.1 Å². The van der Waals surface area contributed by atoms with Gasteiger partial charge in [-0.25, -0.2) is 0 Å². The highest BCUT2D eigenvalue weighted by atomic mass is 32.1. The Kier molecular flexibility index (Phi) is 4.43. The van der Waals surface area contributed by atoms with Gasteiger partial charge in [-0.3, -0.25) is 14.2 Å². The molecule has 0 saturated heterocycles. The molecule has 5 nitrogen and oxygen atoms in total. The molecule has 3 rings (SSSR count). The van der Waals surface area contributed by atoms with E-state index in [0.29, 0.717) is 18.0 Å². The highest BCUT2D eigenvalue weighted by molar-refractivity contribution is 7.16. The molecule has 0 radical (unpaired) electrons. The number of rotatable bonds is 5. The standard InChI is InChI=1S/C17H16N2O3S/c1-2-19-14-9-8-12(10-15(14)23-17(19)21)18-16(20)11-22-13-6-4-3-5-7-13/h3-10H,2,11H2,1H3,(H,18,20). The van der Waals surface area contributed by atoms with E-state index in [9.17, 15) is 9.59 Å². The van der Waals surface area contributed by atoms with E-state index < -0.39 is 0 Å². The summed E-state index contributed by atoms with van der Waals surface area (Å²) in [4.78, 5) is 23.8. The van der Waals surface area contributed by atoms with Gasteiger partial charge in [0.2, 0.25) is 0 Å². The zero-order valence-electron chi connectivity index (χ0n) is 12.6. The maximum absolute atomic E-state index is 12.0. The SMILES string of the molecule is CCn1c(=O)sc2cc(NC(=O)COc3ccccc3)ccc21. The minimum absolute atomic E-state index is 0.0124. The monoisotopic (exact) mass is 328 g/mol. The minimum atomic E-state index is -0.240. The van der Waals surface area contributed by atoms with E-state index in [1.54, 1.807) is 22.8 Å². The van der Waals surface area contributed by atoms with Crippen molar-refractivity contribution in [3.63, 3.8) is 0 Å². The number of aryl methyl sites for hydroxylation is 1. The molecule has 0 saturated carbocycles. The Morgan fingerprint density at radius 1 is 1.22 bits per heavy atom. The van der Waals surface area contributed by atoms with Crippen LogP contribution in [0.1, 0.15) is 6.92 Å². The quantitative estimate of drug-likeness (QED) is 0.783. The van der Waals surface area contributed by atoms with Gasteiger partial charge in [0.1, 0.15) is 5.75 Å². The van der Waals surface area contributed by atoms with Gasteiger partial charge in [-0.05, 0) is 37.3 Å². The second-order valence-electron chi connectivity index (χ2n) is 4.94. The molecule has 0 unspecified atom stereocenters. The van der Waals surface area contributed by atoms with Crippen molar-refractivity contribution in [1.29, 1.82) is 0 Å². The summed E-state index contributed by atoms with van der Waals surface area (Å²) in [6, 6.07) is 14.6. The van der Waals surface area contributed by atoms with Crippen molar-refractivity contribution in [3.8, 4) is 5.75 Å². The molecule has 0 aliphatic rings. The number of aromatic nitrogens is 1. The van der Waals surface area contributed by atoms with Crippen molar-refractivity contribution in [2.45, 2.75) is 13.5 Å². The van der Waals surface area contributed by atoms with E-state index in [1.165, 1.54) is 11.3 Å². The van der Waals surface area contributed by atoms with E-state index in [2.05, 4.69) is 5.32 Å². The Morgan fingerprint density at radius 3 is 2.74 bits per heavy atom. The normalized spacial score (nSPS) is 10.7. The molecule has 2 aromatic carbocycles. The maximum atomic E-state index is 12.0. The number of thiazole rings is 1. The number of hydrogen-bond acceptors (Lipinski definition) is 4. The molecule has 0 spiro atoms. The van der Waals surface area contributed by atoms with Crippen LogP contribution in [0.15, 0.2) is 53.3 Å². The third kappa shape index (κ3) is 3.43. The summed E-state index contributed by atoms with van der Waals surface area (Å²) >= 11 is 1.18. The highest BCUT2D eigenvalue weighted by Crippen LogP contribution is 2.21. The van der Waals surface area contributed by atoms with E-state index in [0.717, 1.165) is 10.2 Å². The van der Waals surface area contributed by atoms with Crippen molar-refractivity contribution in [3.05, 3.63) is 58.2 Å². The Bertz CT molecular complexity index is 884. The van der Waals surface area contributed by atoms with Gasteiger partial charge >= 0.3 is 4.87 Å². The summed E-state index contributed by atoms with van der Waals surface area (Å²) in [5.41, 5.74) is 1.55. The molecule has 1 N–H and O–H groups in total. The largest absolute Gasteiger partial charge is 0.484 e. The number of carbonyl (C=O) groups excluding carboxylic acids is 1. The first kappa shape index (κ1) is 15.3. The fourth-order valence-electron chi connectivity index (χ4n) is 2.31. The lowest BCUT2D eigenvalue weighted by Gasteiger charge is -2.07. The summed E-state index contributed by atoms with van der Waals surface area (Å²) in [7, 11) is 0. The first-order valence-electron chi connectivity index (χ1n) is 7.28. The maximum Gasteiger partial charge on any atom is 0.308 e. The lowest BCUT2D eigenvalue weighted by Crippen LogP contribution is -2.20. The Hall–Kier alpha value is -2.60. The van der Waals surface area contributed by atoms with Gasteiger partial charge in [-0.2, -0.15) is 0 Å². The molecule has 0 atom stereocenters. The van der Waals surface area contributed by atoms with Gasteiger partial charge in [0.15, 0.2) is 6.61 Å². The van der Waals surface area contributed by atoms with Crippen LogP contribution in [-0.2, 0) is 11.3 Å². The number of hydrogen-bond donors (Lipinski definition) is 1. The van der Waals surface area contributed by atoms with E-state index >= 15 is 0 Å². The Balaban J connectivity index is 1.69. The topological polar surface area (TPSA) is 60.3 Å². The Labute approximate surface area is 137 Å². The molecular weight excluding hydrogens is 312 g/mol. The number of nitrogens with one attached hydrogen (secondary N) is 1. The molecule has 0 aliphatic heterocycles. The van der Waals surface area contributed by atoms with Gasteiger partial charge < -0.3 is 10.1 Å². The van der Waals surface area contributed by atoms with E-state index in [-0.39, 0.29) is 17.4 Å². The molecule has 0 aliphatic carbocycles. The zero-order chi connectivity index (χ0) is 16.2. The number of carbonyl (C=O) groups is 1. The first-order valence-corrected chi connectivity index (χ1v) is 8.10. The van der Waals surface area contributed by atoms with Gasteiger partial charge in [-0.1, -0.05) is 29.5 Å². The third-order valence-electron chi connectivity index (χ3n) is 3.38. The molecule has 1 aromatic heterocycles. The summed E-state index contributed by atoms with van der Waals surface area (Å²) in [5, 5.41) is 2.78. The van der Waals surface area contributed by atoms with Crippen LogP contribution in [0.2, 0.25) is 0 Å². The van der Waals surface area contributed by atoms with Crippen LogP contribution < -0.4 is 14.9 Å². The van der Waals surface area contributed by atoms with Crippen molar-refractivity contribution in [2.24, 2.45) is 0 Å². The molecule has 23 heavy (non-hydrogen) atoms. The first-order chi connectivity index (χ1) is 11.2. The molecule has 118 valence electrons. The van der Waals surface area contributed by atoms with Gasteiger partial charge in [0, 0.05) is 12.2 Å². The smallest absolute Gasteiger partial charge is 0.308 e. The molecule has 6 heteroatoms. The van der Waals surface area contributed by atoms with Crippen molar-refractivity contribution < 1.29 is 9.53 Å². The summed E-state index contributed by atoms with van der Waals surface area (Å²) < 4.78 is 7.98. The van der Waals surface area contributed by atoms with Crippen LogP contribution in [0.3, 0.4) is 0 Å². The minimum Gasteiger partial charge on any atom is -0.484 e. The summed E-state index contributed by atoms with van der Waals surface area (Å²) in [5.74, 6) is 0.409. The number of nitrogens with zero attached hydrogens (tertiary/aromatic N) is 1. The fourth-order valence-corrected chi connectivity index (χ4v) is 3.30. The molecular formula is C17H16N2O3S. The second kappa shape index (κ2) is 6.66. The van der Waals surface area contributed by atoms with Crippen molar-refractivity contribution in [2.75, 3.05) is 11.9 Å². The van der Waals surface area contributed by atoms with Gasteiger partial charge in [0.05, 0.1) is 10.2 Å².